The third kappa shape index (κ3) is 2.23. The molecule has 3 aromatic rings. The lowest BCUT2D eigenvalue weighted by Gasteiger charge is -2.02. The summed E-state index contributed by atoms with van der Waals surface area (Å²) in [5.41, 5.74) is 1.35. The summed E-state index contributed by atoms with van der Waals surface area (Å²) in [5.74, 6) is 0. The van der Waals surface area contributed by atoms with Crippen molar-refractivity contribution in [2.24, 2.45) is 0 Å². The van der Waals surface area contributed by atoms with Crippen LogP contribution in [0.4, 0.5) is 0 Å². The normalized spacial score (nSPS) is 10.8. The molecular weight excluding hydrogens is 283 g/mol. The van der Waals surface area contributed by atoms with Gasteiger partial charge in [-0.15, -0.1) is 0 Å². The first kappa shape index (κ1) is 12.2. The maximum atomic E-state index is 10.1. The molecule has 2 heterocycles. The Morgan fingerprint density at radius 1 is 1.05 bits per heavy atom. The molecule has 0 radical (unpaired) electrons. The third-order valence-electron chi connectivity index (χ3n) is 2.89. The Morgan fingerprint density at radius 2 is 1.84 bits per heavy atom. The predicted molar refractivity (Wildman–Crippen MR) is 74.6 cm³/mol. The Hall–Kier alpha value is -1.84. The molecule has 0 bridgehead atoms. The molecule has 0 unspecified atom stereocenters. The average Bonchev–Trinajstić information content (AvgIpc) is 2.39. The second kappa shape index (κ2) is 4.68. The fourth-order valence-electron chi connectivity index (χ4n) is 1.97. The molecule has 3 nitrogen and oxygen atoms in total. The van der Waals surface area contributed by atoms with Crippen LogP contribution in [0.15, 0.2) is 48.8 Å². The monoisotopic (exact) mass is 291 g/mol. The van der Waals surface area contributed by atoms with E-state index < -0.39 is 0 Å². The minimum atomic E-state index is 0.387. The lowest BCUT2D eigenvalue weighted by molar-refractivity contribution is -0.895. The quantitative estimate of drug-likeness (QED) is 0.421. The summed E-state index contributed by atoms with van der Waals surface area (Å²) in [5, 5.41) is 12.7. The molecule has 1 aromatic carbocycles. The predicted octanol–water partition coefficient (Wildman–Crippen LogP) is 3.73. The molecule has 94 valence electrons. The molecule has 1 N–H and O–H groups in total. The Labute approximate surface area is 119 Å². The minimum absolute atomic E-state index is 0.387. The fourth-order valence-corrected chi connectivity index (χ4v) is 2.37. The second-order valence-corrected chi connectivity index (χ2v) is 4.91. The standard InChI is InChI=1S/C14H9Cl2N2O/c15-12-4-2-1-3-11(12)13-5-9-7-17-14(16)6-10(9)8-18(13)19/h1-8,19H/q+1. The molecule has 2 aromatic heterocycles. The zero-order valence-corrected chi connectivity index (χ0v) is 11.2. The summed E-state index contributed by atoms with van der Waals surface area (Å²) in [7, 11) is 0. The van der Waals surface area contributed by atoms with Gasteiger partial charge in [0.15, 0.2) is 0 Å². The first-order chi connectivity index (χ1) is 9.15. The molecule has 19 heavy (non-hydrogen) atoms. The van der Waals surface area contributed by atoms with Gasteiger partial charge < -0.3 is 0 Å². The van der Waals surface area contributed by atoms with E-state index in [1.165, 1.54) is 0 Å². The summed E-state index contributed by atoms with van der Waals surface area (Å²) in [6, 6.07) is 10.8. The van der Waals surface area contributed by atoms with E-state index in [2.05, 4.69) is 4.98 Å². The maximum absolute atomic E-state index is 10.1. The molecule has 0 amide bonds. The zero-order valence-electron chi connectivity index (χ0n) is 9.72. The van der Waals surface area contributed by atoms with E-state index in [0.717, 1.165) is 21.1 Å². The van der Waals surface area contributed by atoms with Gasteiger partial charge in [-0.05, 0) is 18.2 Å². The van der Waals surface area contributed by atoms with Gasteiger partial charge in [-0.25, -0.2) is 4.98 Å². The summed E-state index contributed by atoms with van der Waals surface area (Å²) in [4.78, 5) is 4.04. The van der Waals surface area contributed by atoms with Crippen LogP contribution < -0.4 is 4.73 Å². The van der Waals surface area contributed by atoms with Gasteiger partial charge in [-0.2, -0.15) is 0 Å². The summed E-state index contributed by atoms with van der Waals surface area (Å²) in [6.45, 7) is 0. The van der Waals surface area contributed by atoms with Crippen LogP contribution in [0.3, 0.4) is 0 Å². The highest BCUT2D eigenvalue weighted by Gasteiger charge is 2.17. The Balaban J connectivity index is 2.28. The average molecular weight is 292 g/mol. The lowest BCUT2D eigenvalue weighted by Crippen LogP contribution is -2.32. The number of nitrogens with zero attached hydrogens (tertiary/aromatic N) is 2. The number of aromatic nitrogens is 2. The van der Waals surface area contributed by atoms with Gasteiger partial charge in [-0.3, -0.25) is 5.21 Å². The van der Waals surface area contributed by atoms with E-state index in [4.69, 9.17) is 23.2 Å². The Bertz CT molecular complexity index is 774. The number of pyridine rings is 2. The van der Waals surface area contributed by atoms with E-state index in [1.54, 1.807) is 24.5 Å². The van der Waals surface area contributed by atoms with Gasteiger partial charge in [0.1, 0.15) is 5.15 Å². The van der Waals surface area contributed by atoms with Gasteiger partial charge in [0, 0.05) is 22.4 Å². The van der Waals surface area contributed by atoms with Crippen LogP contribution in [0, 0.1) is 0 Å². The van der Waals surface area contributed by atoms with Gasteiger partial charge in [0.2, 0.25) is 6.20 Å². The van der Waals surface area contributed by atoms with Crippen molar-refractivity contribution in [2.75, 3.05) is 0 Å². The van der Waals surface area contributed by atoms with Crippen LogP contribution in [0.5, 0.6) is 0 Å². The van der Waals surface area contributed by atoms with E-state index in [0.29, 0.717) is 15.9 Å². The van der Waals surface area contributed by atoms with Gasteiger partial charge >= 0.3 is 0 Å². The van der Waals surface area contributed by atoms with Crippen molar-refractivity contribution in [1.29, 1.82) is 0 Å². The minimum Gasteiger partial charge on any atom is -0.285 e. The number of hydrogen-bond acceptors (Lipinski definition) is 2. The number of benzene rings is 1. The second-order valence-electron chi connectivity index (χ2n) is 4.12. The lowest BCUT2D eigenvalue weighted by atomic mass is 10.1. The molecule has 0 fully saturated rings. The highest BCUT2D eigenvalue weighted by atomic mass is 35.5. The number of hydrogen-bond donors (Lipinski definition) is 1. The first-order valence-corrected chi connectivity index (χ1v) is 6.36. The SMILES string of the molecule is O[n+]1cc2cc(Cl)ncc2cc1-c1ccccc1Cl. The van der Waals surface area contributed by atoms with Gasteiger partial charge in [0.05, 0.1) is 16.0 Å². The molecule has 5 heteroatoms. The molecule has 0 aliphatic rings. The van der Waals surface area contributed by atoms with Crippen molar-refractivity contribution in [3.8, 4) is 11.3 Å². The smallest absolute Gasteiger partial charge is 0.266 e. The van der Waals surface area contributed by atoms with Crippen molar-refractivity contribution in [3.05, 3.63) is 59.0 Å². The molecule has 0 spiro atoms. The maximum Gasteiger partial charge on any atom is 0.266 e. The zero-order chi connectivity index (χ0) is 13.4. The first-order valence-electron chi connectivity index (χ1n) is 5.60. The number of rotatable bonds is 1. The van der Waals surface area contributed by atoms with E-state index in [1.807, 2.05) is 24.3 Å². The van der Waals surface area contributed by atoms with Crippen LogP contribution in [0.1, 0.15) is 0 Å². The van der Waals surface area contributed by atoms with Crippen molar-refractivity contribution < 1.29 is 9.94 Å². The van der Waals surface area contributed by atoms with Crippen LogP contribution in [-0.4, -0.2) is 10.2 Å². The number of fused-ring (bicyclic) bond motifs is 1. The van der Waals surface area contributed by atoms with Gasteiger partial charge in [-0.1, -0.05) is 35.3 Å². The largest absolute Gasteiger partial charge is 0.285 e. The van der Waals surface area contributed by atoms with E-state index in [9.17, 15) is 5.21 Å². The van der Waals surface area contributed by atoms with Crippen LogP contribution >= 0.6 is 23.2 Å². The topological polar surface area (TPSA) is 37.0 Å². The fraction of sp³-hybridized carbons (Fsp3) is 0. The van der Waals surface area contributed by atoms with Crippen molar-refractivity contribution in [1.82, 2.24) is 4.98 Å². The molecule has 0 aliphatic heterocycles. The molecule has 0 saturated heterocycles. The van der Waals surface area contributed by atoms with Crippen LogP contribution in [0.25, 0.3) is 22.0 Å². The van der Waals surface area contributed by atoms with Gasteiger partial charge in [0.25, 0.3) is 5.69 Å². The molecule has 0 saturated carbocycles. The van der Waals surface area contributed by atoms with Crippen molar-refractivity contribution >= 4 is 34.0 Å². The summed E-state index contributed by atoms with van der Waals surface area (Å²) in [6.07, 6.45) is 3.25. The molecule has 0 atom stereocenters. The number of halogens is 2. The van der Waals surface area contributed by atoms with Crippen LogP contribution in [0.2, 0.25) is 10.2 Å². The van der Waals surface area contributed by atoms with Crippen molar-refractivity contribution in [2.45, 2.75) is 0 Å². The van der Waals surface area contributed by atoms with Crippen molar-refractivity contribution in [3.63, 3.8) is 0 Å². The molecular formula is C14H9Cl2N2O+. The Kier molecular flexibility index (Phi) is 3.01. The third-order valence-corrected chi connectivity index (χ3v) is 3.42. The summed E-state index contributed by atoms with van der Waals surface area (Å²) < 4.78 is 1.04. The molecule has 3 rings (SSSR count). The van der Waals surface area contributed by atoms with E-state index >= 15 is 0 Å². The van der Waals surface area contributed by atoms with E-state index in [-0.39, 0.29) is 0 Å². The molecule has 0 aliphatic carbocycles. The highest BCUT2D eigenvalue weighted by Crippen LogP contribution is 2.27. The highest BCUT2D eigenvalue weighted by molar-refractivity contribution is 6.33. The summed E-state index contributed by atoms with van der Waals surface area (Å²) >= 11 is 12.0. The van der Waals surface area contributed by atoms with Crippen LogP contribution in [-0.2, 0) is 0 Å². The Morgan fingerprint density at radius 3 is 2.63 bits per heavy atom.